The molecule has 0 spiro atoms. The molecular formula is C17H19NO3S. The molecule has 1 saturated heterocycles. The maximum Gasteiger partial charge on any atom is 0.155 e. The minimum Gasteiger partial charge on any atom is -0.392 e. The molecule has 1 saturated carbocycles. The van der Waals surface area contributed by atoms with Crippen molar-refractivity contribution in [2.45, 2.75) is 37.8 Å². The van der Waals surface area contributed by atoms with Crippen LogP contribution < -0.4 is 0 Å². The summed E-state index contributed by atoms with van der Waals surface area (Å²) in [4.78, 5) is 4.61. The standard InChI is InChI=1S/C17H19NO3S/c19-13-9-14-11(8-17(20)21-14)10(13)4-3-7-16-18-12-5-1-2-6-15(12)22-16/h1-6,10-11,13-14,17,19-20H,7-9H2/b4-3+/t10-,11-,13-,14+,17?/m1/s1. The highest BCUT2D eigenvalue weighted by molar-refractivity contribution is 7.18. The molecule has 2 aromatic rings. The number of aromatic nitrogens is 1. The van der Waals surface area contributed by atoms with Gasteiger partial charge in [-0.15, -0.1) is 11.3 Å². The number of ether oxygens (including phenoxy) is 1. The molecule has 1 aliphatic heterocycles. The summed E-state index contributed by atoms with van der Waals surface area (Å²) in [5, 5.41) is 20.8. The highest BCUT2D eigenvalue weighted by atomic mass is 32.1. The van der Waals surface area contributed by atoms with Gasteiger partial charge >= 0.3 is 0 Å². The molecule has 22 heavy (non-hydrogen) atoms. The van der Waals surface area contributed by atoms with E-state index in [9.17, 15) is 10.2 Å². The molecule has 1 aromatic heterocycles. The van der Waals surface area contributed by atoms with Crippen LogP contribution in [0, 0.1) is 11.8 Å². The Morgan fingerprint density at radius 1 is 1.27 bits per heavy atom. The van der Waals surface area contributed by atoms with Gasteiger partial charge in [0.2, 0.25) is 0 Å². The van der Waals surface area contributed by atoms with Crippen molar-refractivity contribution in [2.24, 2.45) is 11.8 Å². The first-order valence-electron chi connectivity index (χ1n) is 7.73. The molecule has 2 fully saturated rings. The number of hydrogen-bond acceptors (Lipinski definition) is 5. The van der Waals surface area contributed by atoms with Gasteiger partial charge in [-0.25, -0.2) is 4.98 Å². The third-order valence-electron chi connectivity index (χ3n) is 4.68. The number of fused-ring (bicyclic) bond motifs is 2. The van der Waals surface area contributed by atoms with Crippen LogP contribution in [0.4, 0.5) is 0 Å². The molecule has 0 bridgehead atoms. The van der Waals surface area contributed by atoms with Gasteiger partial charge in [0.15, 0.2) is 6.29 Å². The Labute approximate surface area is 133 Å². The zero-order chi connectivity index (χ0) is 15.1. The van der Waals surface area contributed by atoms with E-state index in [2.05, 4.69) is 23.2 Å². The first kappa shape index (κ1) is 14.3. The van der Waals surface area contributed by atoms with Gasteiger partial charge in [0.25, 0.3) is 0 Å². The highest BCUT2D eigenvalue weighted by Gasteiger charge is 2.47. The Kier molecular flexibility index (Phi) is 3.74. The number of benzene rings is 1. The van der Waals surface area contributed by atoms with Crippen LogP contribution in [-0.4, -0.2) is 33.7 Å². The number of allylic oxidation sites excluding steroid dienone is 1. The van der Waals surface area contributed by atoms with Crippen LogP contribution in [0.5, 0.6) is 0 Å². The van der Waals surface area contributed by atoms with Crippen molar-refractivity contribution in [1.29, 1.82) is 0 Å². The van der Waals surface area contributed by atoms with Gasteiger partial charge in [0, 0.05) is 25.2 Å². The largest absolute Gasteiger partial charge is 0.392 e. The summed E-state index contributed by atoms with van der Waals surface area (Å²) >= 11 is 1.71. The van der Waals surface area contributed by atoms with E-state index in [1.165, 1.54) is 4.70 Å². The van der Waals surface area contributed by atoms with Crippen LogP contribution in [0.2, 0.25) is 0 Å². The lowest BCUT2D eigenvalue weighted by Crippen LogP contribution is -2.18. The molecule has 2 N–H and O–H groups in total. The number of aliphatic hydroxyl groups is 2. The highest BCUT2D eigenvalue weighted by Crippen LogP contribution is 2.43. The lowest BCUT2D eigenvalue weighted by atomic mass is 9.91. The lowest BCUT2D eigenvalue weighted by molar-refractivity contribution is -0.0949. The van der Waals surface area contributed by atoms with Gasteiger partial charge in [-0.05, 0) is 18.1 Å². The number of thiazole rings is 1. The average Bonchev–Trinajstić information content (AvgIpc) is 3.12. The van der Waals surface area contributed by atoms with Crippen molar-refractivity contribution in [3.8, 4) is 0 Å². The summed E-state index contributed by atoms with van der Waals surface area (Å²) in [6.07, 6.45) is 5.18. The smallest absolute Gasteiger partial charge is 0.155 e. The first-order chi connectivity index (χ1) is 10.7. The quantitative estimate of drug-likeness (QED) is 0.854. The maximum absolute atomic E-state index is 10.2. The third-order valence-corrected chi connectivity index (χ3v) is 5.74. The average molecular weight is 317 g/mol. The van der Waals surface area contributed by atoms with E-state index in [0.29, 0.717) is 12.8 Å². The number of rotatable bonds is 3. The van der Waals surface area contributed by atoms with Crippen LogP contribution in [0.3, 0.4) is 0 Å². The van der Waals surface area contributed by atoms with Crippen LogP contribution >= 0.6 is 11.3 Å². The van der Waals surface area contributed by atoms with Gasteiger partial charge in [-0.2, -0.15) is 0 Å². The second kappa shape index (κ2) is 5.74. The fourth-order valence-electron chi connectivity index (χ4n) is 3.66. The van der Waals surface area contributed by atoms with Crippen molar-refractivity contribution < 1.29 is 14.9 Å². The zero-order valence-electron chi connectivity index (χ0n) is 12.1. The van der Waals surface area contributed by atoms with Crippen molar-refractivity contribution in [3.05, 3.63) is 41.4 Å². The minimum absolute atomic E-state index is 0.00195. The molecule has 4 nitrogen and oxygen atoms in total. The Bertz CT molecular complexity index is 665. The van der Waals surface area contributed by atoms with E-state index in [1.807, 2.05) is 18.2 Å². The monoisotopic (exact) mass is 317 g/mol. The number of para-hydroxylation sites is 1. The molecule has 2 heterocycles. The van der Waals surface area contributed by atoms with E-state index in [0.717, 1.165) is 16.9 Å². The maximum atomic E-state index is 10.2. The number of aliphatic hydroxyl groups excluding tert-OH is 2. The molecule has 0 radical (unpaired) electrons. The summed E-state index contributed by atoms with van der Waals surface area (Å²) in [7, 11) is 0. The van der Waals surface area contributed by atoms with E-state index in [-0.39, 0.29) is 24.0 Å². The van der Waals surface area contributed by atoms with Gasteiger partial charge in [0.05, 0.1) is 27.4 Å². The van der Waals surface area contributed by atoms with Crippen molar-refractivity contribution in [3.63, 3.8) is 0 Å². The van der Waals surface area contributed by atoms with Crippen LogP contribution in [-0.2, 0) is 11.2 Å². The Morgan fingerprint density at radius 2 is 2.14 bits per heavy atom. The second-order valence-corrected chi connectivity index (χ2v) is 7.23. The fraction of sp³-hybridized carbons (Fsp3) is 0.471. The molecule has 116 valence electrons. The van der Waals surface area contributed by atoms with Gasteiger partial charge in [-0.1, -0.05) is 24.3 Å². The minimum atomic E-state index is -0.664. The molecular weight excluding hydrogens is 298 g/mol. The Hall–Kier alpha value is -1.27. The van der Waals surface area contributed by atoms with Crippen molar-refractivity contribution >= 4 is 21.6 Å². The third kappa shape index (κ3) is 2.58. The summed E-state index contributed by atoms with van der Waals surface area (Å²) in [5.41, 5.74) is 1.05. The Balaban J connectivity index is 1.45. The predicted octanol–water partition coefficient (Wildman–Crippen LogP) is 2.50. The molecule has 5 heteroatoms. The van der Waals surface area contributed by atoms with Crippen molar-refractivity contribution in [2.75, 3.05) is 0 Å². The lowest BCUT2D eigenvalue weighted by Gasteiger charge is -2.15. The van der Waals surface area contributed by atoms with E-state index < -0.39 is 6.29 Å². The normalized spacial score (nSPS) is 34.7. The SMILES string of the molecule is OC1C[C@@H]2[C@@H](/C=C/Cc3nc4ccccc4s3)[C@H](O)C[C@@H]2O1. The molecule has 2 aliphatic rings. The van der Waals surface area contributed by atoms with E-state index in [4.69, 9.17) is 4.74 Å². The summed E-state index contributed by atoms with van der Waals surface area (Å²) in [5.74, 6) is 0.313. The number of nitrogens with zero attached hydrogens (tertiary/aromatic N) is 1. The molecule has 5 atom stereocenters. The summed E-state index contributed by atoms with van der Waals surface area (Å²) in [6.45, 7) is 0. The topological polar surface area (TPSA) is 62.6 Å². The molecule has 0 amide bonds. The van der Waals surface area contributed by atoms with Gasteiger partial charge in [0.1, 0.15) is 0 Å². The van der Waals surface area contributed by atoms with E-state index in [1.54, 1.807) is 11.3 Å². The molecule has 1 aliphatic carbocycles. The number of hydrogen-bond donors (Lipinski definition) is 2. The molecule has 4 rings (SSSR count). The van der Waals surface area contributed by atoms with Gasteiger partial charge < -0.3 is 14.9 Å². The van der Waals surface area contributed by atoms with Crippen LogP contribution in [0.15, 0.2) is 36.4 Å². The van der Waals surface area contributed by atoms with Crippen LogP contribution in [0.25, 0.3) is 10.2 Å². The molecule has 1 unspecified atom stereocenters. The Morgan fingerprint density at radius 3 is 3.00 bits per heavy atom. The summed E-state index contributed by atoms with van der Waals surface area (Å²) in [6, 6.07) is 8.15. The summed E-state index contributed by atoms with van der Waals surface area (Å²) < 4.78 is 6.65. The zero-order valence-corrected chi connectivity index (χ0v) is 12.9. The van der Waals surface area contributed by atoms with Crippen molar-refractivity contribution in [1.82, 2.24) is 4.98 Å². The molecule has 1 aromatic carbocycles. The fourth-order valence-corrected chi connectivity index (χ4v) is 4.61. The van der Waals surface area contributed by atoms with Gasteiger partial charge in [-0.3, -0.25) is 0 Å². The predicted molar refractivity (Wildman–Crippen MR) is 85.6 cm³/mol. The van der Waals surface area contributed by atoms with E-state index >= 15 is 0 Å². The first-order valence-corrected chi connectivity index (χ1v) is 8.55. The van der Waals surface area contributed by atoms with Crippen LogP contribution in [0.1, 0.15) is 17.8 Å². The second-order valence-electron chi connectivity index (χ2n) is 6.12.